The lowest BCUT2D eigenvalue weighted by atomic mass is 10.0. The van der Waals surface area contributed by atoms with Crippen molar-refractivity contribution in [3.63, 3.8) is 0 Å². The SMILES string of the molecule is CCC(C)C(=O)N(C)C1CCCNCC1. The zero-order valence-electron chi connectivity index (χ0n) is 10.3. The molecule has 0 spiro atoms. The van der Waals surface area contributed by atoms with Crippen molar-refractivity contribution in [2.75, 3.05) is 20.1 Å². The van der Waals surface area contributed by atoms with Gasteiger partial charge >= 0.3 is 0 Å². The number of carbonyl (C=O) groups is 1. The number of hydrogen-bond donors (Lipinski definition) is 1. The number of nitrogens with one attached hydrogen (secondary N) is 1. The Balaban J connectivity index is 2.49. The molecular formula is C12H24N2O. The lowest BCUT2D eigenvalue weighted by Crippen LogP contribution is -2.40. The van der Waals surface area contributed by atoms with E-state index in [1.807, 2.05) is 18.9 Å². The first kappa shape index (κ1) is 12.5. The Labute approximate surface area is 93.2 Å². The largest absolute Gasteiger partial charge is 0.342 e. The van der Waals surface area contributed by atoms with Crippen LogP contribution in [0.3, 0.4) is 0 Å². The average molecular weight is 212 g/mol. The molecule has 1 aliphatic rings. The van der Waals surface area contributed by atoms with Crippen LogP contribution in [0, 0.1) is 5.92 Å². The predicted molar refractivity (Wildman–Crippen MR) is 62.7 cm³/mol. The lowest BCUT2D eigenvalue weighted by Gasteiger charge is -2.29. The Hall–Kier alpha value is -0.570. The summed E-state index contributed by atoms with van der Waals surface area (Å²) in [7, 11) is 1.96. The van der Waals surface area contributed by atoms with Crippen LogP contribution in [0.25, 0.3) is 0 Å². The van der Waals surface area contributed by atoms with Crippen molar-refractivity contribution in [2.45, 2.75) is 45.6 Å². The minimum atomic E-state index is 0.172. The quantitative estimate of drug-likeness (QED) is 0.771. The highest BCUT2D eigenvalue weighted by Gasteiger charge is 2.23. The predicted octanol–water partition coefficient (Wildman–Crippen LogP) is 1.63. The fourth-order valence-electron chi connectivity index (χ4n) is 2.09. The van der Waals surface area contributed by atoms with E-state index in [0.717, 1.165) is 32.4 Å². The molecule has 88 valence electrons. The Kier molecular flexibility index (Phi) is 5.09. The summed E-state index contributed by atoms with van der Waals surface area (Å²) in [5.41, 5.74) is 0. The number of amides is 1. The molecule has 3 nitrogen and oxygen atoms in total. The standard InChI is InChI=1S/C12H24N2O/c1-4-10(2)12(15)14(3)11-6-5-8-13-9-7-11/h10-11,13H,4-9H2,1-3H3. The number of hydrogen-bond acceptors (Lipinski definition) is 2. The molecule has 3 heteroatoms. The van der Waals surface area contributed by atoms with Crippen molar-refractivity contribution in [2.24, 2.45) is 5.92 Å². The molecule has 1 fully saturated rings. The van der Waals surface area contributed by atoms with Gasteiger partial charge in [0.1, 0.15) is 0 Å². The summed E-state index contributed by atoms with van der Waals surface area (Å²) in [4.78, 5) is 14.0. The van der Waals surface area contributed by atoms with E-state index in [9.17, 15) is 4.79 Å². The zero-order valence-corrected chi connectivity index (χ0v) is 10.3. The first-order valence-corrected chi connectivity index (χ1v) is 6.14. The molecular weight excluding hydrogens is 188 g/mol. The van der Waals surface area contributed by atoms with E-state index in [0.29, 0.717) is 11.9 Å². The average Bonchev–Trinajstić information content (AvgIpc) is 2.54. The fourth-order valence-corrected chi connectivity index (χ4v) is 2.09. The van der Waals surface area contributed by atoms with E-state index < -0.39 is 0 Å². The topological polar surface area (TPSA) is 32.3 Å². The molecule has 0 radical (unpaired) electrons. The Bertz CT molecular complexity index is 198. The second-order valence-electron chi connectivity index (χ2n) is 4.59. The van der Waals surface area contributed by atoms with Gasteiger partial charge in [-0.15, -0.1) is 0 Å². The van der Waals surface area contributed by atoms with Gasteiger partial charge in [-0.05, 0) is 38.8 Å². The van der Waals surface area contributed by atoms with Gasteiger partial charge in [-0.2, -0.15) is 0 Å². The smallest absolute Gasteiger partial charge is 0.225 e. The van der Waals surface area contributed by atoms with Gasteiger partial charge in [0.25, 0.3) is 0 Å². The highest BCUT2D eigenvalue weighted by molar-refractivity contribution is 5.78. The molecule has 0 aromatic carbocycles. The van der Waals surface area contributed by atoms with Crippen molar-refractivity contribution in [3.05, 3.63) is 0 Å². The van der Waals surface area contributed by atoms with Crippen LogP contribution in [0.1, 0.15) is 39.5 Å². The third kappa shape index (κ3) is 3.49. The molecule has 0 aromatic rings. The van der Waals surface area contributed by atoms with E-state index in [-0.39, 0.29) is 5.92 Å². The van der Waals surface area contributed by atoms with E-state index in [4.69, 9.17) is 0 Å². The van der Waals surface area contributed by atoms with E-state index >= 15 is 0 Å². The minimum Gasteiger partial charge on any atom is -0.342 e. The molecule has 0 aliphatic carbocycles. The summed E-state index contributed by atoms with van der Waals surface area (Å²) >= 11 is 0. The van der Waals surface area contributed by atoms with Crippen LogP contribution in [-0.4, -0.2) is 37.0 Å². The molecule has 2 unspecified atom stereocenters. The van der Waals surface area contributed by atoms with Gasteiger partial charge in [-0.25, -0.2) is 0 Å². The molecule has 0 bridgehead atoms. The second-order valence-corrected chi connectivity index (χ2v) is 4.59. The first-order valence-electron chi connectivity index (χ1n) is 6.14. The summed E-state index contributed by atoms with van der Waals surface area (Å²) in [5.74, 6) is 0.482. The third-order valence-corrected chi connectivity index (χ3v) is 3.47. The maximum Gasteiger partial charge on any atom is 0.225 e. The molecule has 0 aromatic heterocycles. The minimum absolute atomic E-state index is 0.172. The van der Waals surface area contributed by atoms with E-state index in [2.05, 4.69) is 12.2 Å². The van der Waals surface area contributed by atoms with Crippen LogP contribution < -0.4 is 5.32 Å². The van der Waals surface area contributed by atoms with Gasteiger partial charge < -0.3 is 10.2 Å². The summed E-state index contributed by atoms with van der Waals surface area (Å²) in [6.45, 7) is 6.24. The Morgan fingerprint density at radius 1 is 1.47 bits per heavy atom. The monoisotopic (exact) mass is 212 g/mol. The molecule has 1 saturated heterocycles. The summed E-state index contributed by atoms with van der Waals surface area (Å²) in [6.07, 6.45) is 4.36. The van der Waals surface area contributed by atoms with Crippen LogP contribution in [-0.2, 0) is 4.79 Å². The maximum absolute atomic E-state index is 12.0. The highest BCUT2D eigenvalue weighted by Crippen LogP contribution is 2.15. The number of nitrogens with zero attached hydrogens (tertiary/aromatic N) is 1. The van der Waals surface area contributed by atoms with Crippen LogP contribution in [0.5, 0.6) is 0 Å². The van der Waals surface area contributed by atoms with Crippen molar-refractivity contribution in [3.8, 4) is 0 Å². The van der Waals surface area contributed by atoms with Gasteiger partial charge in [0.05, 0.1) is 0 Å². The van der Waals surface area contributed by atoms with Crippen molar-refractivity contribution >= 4 is 5.91 Å². The highest BCUT2D eigenvalue weighted by atomic mass is 16.2. The second kappa shape index (κ2) is 6.11. The molecule has 1 N–H and O–H groups in total. The maximum atomic E-state index is 12.0. The first-order chi connectivity index (χ1) is 7.16. The zero-order chi connectivity index (χ0) is 11.3. The fraction of sp³-hybridized carbons (Fsp3) is 0.917. The summed E-state index contributed by atoms with van der Waals surface area (Å²) in [5, 5.41) is 3.38. The lowest BCUT2D eigenvalue weighted by molar-refractivity contribution is -0.136. The van der Waals surface area contributed by atoms with E-state index in [1.54, 1.807) is 0 Å². The molecule has 0 saturated carbocycles. The van der Waals surface area contributed by atoms with Gasteiger partial charge in [-0.3, -0.25) is 4.79 Å². The molecule has 2 atom stereocenters. The molecule has 1 heterocycles. The van der Waals surface area contributed by atoms with Crippen LogP contribution in [0.4, 0.5) is 0 Å². The van der Waals surface area contributed by atoms with Crippen LogP contribution >= 0.6 is 0 Å². The van der Waals surface area contributed by atoms with E-state index in [1.165, 1.54) is 6.42 Å². The van der Waals surface area contributed by atoms with Crippen molar-refractivity contribution in [1.82, 2.24) is 10.2 Å². The van der Waals surface area contributed by atoms with Gasteiger partial charge in [0.2, 0.25) is 5.91 Å². The molecule has 1 aliphatic heterocycles. The van der Waals surface area contributed by atoms with Crippen LogP contribution in [0.2, 0.25) is 0 Å². The Morgan fingerprint density at radius 2 is 2.20 bits per heavy atom. The third-order valence-electron chi connectivity index (χ3n) is 3.47. The Morgan fingerprint density at radius 3 is 2.87 bits per heavy atom. The van der Waals surface area contributed by atoms with Gasteiger partial charge in [0.15, 0.2) is 0 Å². The number of rotatable bonds is 3. The van der Waals surface area contributed by atoms with Crippen molar-refractivity contribution < 1.29 is 4.79 Å². The molecule has 15 heavy (non-hydrogen) atoms. The van der Waals surface area contributed by atoms with Gasteiger partial charge in [0, 0.05) is 19.0 Å². The summed E-state index contributed by atoms with van der Waals surface area (Å²) < 4.78 is 0. The molecule has 1 rings (SSSR count). The van der Waals surface area contributed by atoms with Crippen molar-refractivity contribution in [1.29, 1.82) is 0 Å². The van der Waals surface area contributed by atoms with Crippen LogP contribution in [0.15, 0.2) is 0 Å². The normalized spacial score (nSPS) is 24.3. The number of carbonyl (C=O) groups excluding carboxylic acids is 1. The summed E-state index contributed by atoms with van der Waals surface area (Å²) in [6, 6.07) is 0.446. The van der Waals surface area contributed by atoms with Gasteiger partial charge in [-0.1, -0.05) is 13.8 Å². The molecule has 1 amide bonds.